The molecule has 5 atom stereocenters. The van der Waals surface area contributed by atoms with Crippen LogP contribution in [0.4, 0.5) is 0 Å². The summed E-state index contributed by atoms with van der Waals surface area (Å²) in [5, 5.41) is 21.3. The van der Waals surface area contributed by atoms with Crippen molar-refractivity contribution in [3.63, 3.8) is 0 Å². The molecule has 4 aromatic rings. The van der Waals surface area contributed by atoms with Crippen LogP contribution in [-0.2, 0) is 6.42 Å². The minimum Gasteiger partial charge on any atom is -0.389 e. The quantitative estimate of drug-likeness (QED) is 0.234. The Morgan fingerprint density at radius 3 is 2.49 bits per heavy atom. The van der Waals surface area contributed by atoms with Gasteiger partial charge in [-0.1, -0.05) is 66.7 Å². The Balaban J connectivity index is 1.18. The molecule has 43 heavy (non-hydrogen) atoms. The standard InChI is InChI=1S/C35H38N4O3S/c1-23-22-43-34(36-23)31-16-9-19-39(31)35(42)27-15-8-14-26(21-27)33(41)38-30(20-24-10-4-2-5-11-24)32(40)29-18-17-28(37-29)25-12-6-3-7-13-25/h2-8,10-15,21-22,28-32,37,40H,9,16-20H2,1H3,(H,38,41)/t28-,29+,30-,31+,32+/m0/s1. The number of rotatable bonds is 9. The zero-order valence-corrected chi connectivity index (χ0v) is 25.2. The van der Waals surface area contributed by atoms with Crippen LogP contribution in [0.3, 0.4) is 0 Å². The van der Waals surface area contributed by atoms with Gasteiger partial charge in [-0.25, -0.2) is 4.98 Å². The first-order valence-electron chi connectivity index (χ1n) is 15.1. The van der Waals surface area contributed by atoms with Gasteiger partial charge in [0.2, 0.25) is 0 Å². The van der Waals surface area contributed by atoms with Crippen molar-refractivity contribution in [2.24, 2.45) is 0 Å². The van der Waals surface area contributed by atoms with E-state index < -0.39 is 12.1 Å². The highest BCUT2D eigenvalue weighted by molar-refractivity contribution is 7.09. The molecule has 222 valence electrons. The average Bonchev–Trinajstić information content (AvgIpc) is 3.82. The smallest absolute Gasteiger partial charge is 0.254 e. The number of likely N-dealkylation sites (tertiary alicyclic amines) is 1. The molecular formula is C35H38N4O3S. The van der Waals surface area contributed by atoms with Crippen molar-refractivity contribution in [2.75, 3.05) is 6.54 Å². The zero-order chi connectivity index (χ0) is 29.8. The second kappa shape index (κ2) is 13.2. The molecule has 0 radical (unpaired) electrons. The van der Waals surface area contributed by atoms with Gasteiger partial charge in [0.15, 0.2) is 0 Å². The molecule has 0 bridgehead atoms. The third kappa shape index (κ3) is 6.72. The number of aromatic nitrogens is 1. The number of nitrogens with zero attached hydrogens (tertiary/aromatic N) is 2. The van der Waals surface area contributed by atoms with Crippen LogP contribution in [0.1, 0.15) is 80.3 Å². The fourth-order valence-corrected chi connectivity index (χ4v) is 7.34. The molecule has 7 nitrogen and oxygen atoms in total. The lowest BCUT2D eigenvalue weighted by atomic mass is 9.95. The Kier molecular flexibility index (Phi) is 8.98. The first-order chi connectivity index (χ1) is 21.0. The van der Waals surface area contributed by atoms with Crippen molar-refractivity contribution >= 4 is 23.2 Å². The van der Waals surface area contributed by atoms with Crippen LogP contribution in [0.25, 0.3) is 0 Å². The Hall–Kier alpha value is -3.85. The van der Waals surface area contributed by atoms with E-state index >= 15 is 0 Å². The number of hydrogen-bond donors (Lipinski definition) is 3. The number of nitrogens with one attached hydrogen (secondary N) is 2. The third-order valence-electron chi connectivity index (χ3n) is 8.63. The molecule has 2 aliphatic rings. The molecule has 2 aliphatic heterocycles. The van der Waals surface area contributed by atoms with Crippen LogP contribution < -0.4 is 10.6 Å². The molecule has 1 aromatic heterocycles. The largest absolute Gasteiger partial charge is 0.389 e. The number of carbonyl (C=O) groups excluding carboxylic acids is 2. The SMILES string of the molecule is Cc1csc([C@H]2CCCN2C(=O)c2cccc(C(=O)N[C@@H](Cc3ccccc3)[C@H](O)[C@H]3CC[C@@H](c4ccccc4)N3)c2)n1. The van der Waals surface area contributed by atoms with E-state index in [1.165, 1.54) is 5.56 Å². The molecule has 0 unspecified atom stereocenters. The van der Waals surface area contributed by atoms with Crippen molar-refractivity contribution < 1.29 is 14.7 Å². The van der Waals surface area contributed by atoms with Crippen molar-refractivity contribution in [3.8, 4) is 0 Å². The van der Waals surface area contributed by atoms with Crippen LogP contribution in [0.5, 0.6) is 0 Å². The lowest BCUT2D eigenvalue weighted by Gasteiger charge is -2.29. The molecule has 3 N–H and O–H groups in total. The first kappa shape index (κ1) is 29.2. The summed E-state index contributed by atoms with van der Waals surface area (Å²) in [5.74, 6) is -0.395. The number of amides is 2. The number of aryl methyl sites for hydroxylation is 1. The molecule has 8 heteroatoms. The minimum atomic E-state index is -0.796. The van der Waals surface area contributed by atoms with Gasteiger partial charge in [0, 0.05) is 40.8 Å². The van der Waals surface area contributed by atoms with E-state index in [9.17, 15) is 14.7 Å². The molecular weight excluding hydrogens is 556 g/mol. The highest BCUT2D eigenvalue weighted by Gasteiger charge is 2.36. The number of hydrogen-bond acceptors (Lipinski definition) is 6. The van der Waals surface area contributed by atoms with Crippen LogP contribution in [0, 0.1) is 6.92 Å². The summed E-state index contributed by atoms with van der Waals surface area (Å²) in [4.78, 5) is 33.8. The van der Waals surface area contributed by atoms with Gasteiger partial charge in [0.25, 0.3) is 11.8 Å². The topological polar surface area (TPSA) is 94.6 Å². The lowest BCUT2D eigenvalue weighted by molar-refractivity contribution is 0.0729. The summed E-state index contributed by atoms with van der Waals surface area (Å²) in [6, 6.07) is 26.6. The molecule has 0 aliphatic carbocycles. The average molecular weight is 595 g/mol. The van der Waals surface area contributed by atoms with Gasteiger partial charge in [0.1, 0.15) is 5.01 Å². The van der Waals surface area contributed by atoms with Crippen LogP contribution in [0.2, 0.25) is 0 Å². The monoisotopic (exact) mass is 594 g/mol. The maximum atomic E-state index is 13.7. The predicted octanol–water partition coefficient (Wildman–Crippen LogP) is 5.62. The molecule has 3 heterocycles. The number of aliphatic hydroxyl groups is 1. The second-order valence-corrected chi connectivity index (χ2v) is 12.5. The molecule has 3 aromatic carbocycles. The van der Waals surface area contributed by atoms with Crippen LogP contribution in [0.15, 0.2) is 90.3 Å². The number of benzene rings is 3. The van der Waals surface area contributed by atoms with Crippen LogP contribution >= 0.6 is 11.3 Å². The zero-order valence-electron chi connectivity index (χ0n) is 24.4. The van der Waals surface area contributed by atoms with Gasteiger partial charge in [-0.15, -0.1) is 11.3 Å². The Labute approximate surface area is 257 Å². The maximum Gasteiger partial charge on any atom is 0.254 e. The molecule has 6 rings (SSSR count). The normalized spacial score (nSPS) is 21.4. The van der Waals surface area contributed by atoms with E-state index in [0.29, 0.717) is 24.1 Å². The van der Waals surface area contributed by atoms with Gasteiger partial charge < -0.3 is 20.6 Å². The van der Waals surface area contributed by atoms with Gasteiger partial charge in [-0.3, -0.25) is 9.59 Å². The van der Waals surface area contributed by atoms with Crippen molar-refractivity contribution in [3.05, 3.63) is 123 Å². The molecule has 0 saturated carbocycles. The van der Waals surface area contributed by atoms with E-state index in [-0.39, 0.29) is 29.9 Å². The second-order valence-electron chi connectivity index (χ2n) is 11.6. The van der Waals surface area contributed by atoms with E-state index in [4.69, 9.17) is 0 Å². The molecule has 2 fully saturated rings. The molecule has 2 saturated heterocycles. The van der Waals surface area contributed by atoms with E-state index in [1.807, 2.05) is 65.7 Å². The van der Waals surface area contributed by atoms with Gasteiger partial charge in [0.05, 0.1) is 18.2 Å². The van der Waals surface area contributed by atoms with Gasteiger partial charge in [-0.2, -0.15) is 0 Å². The van der Waals surface area contributed by atoms with Gasteiger partial charge >= 0.3 is 0 Å². The van der Waals surface area contributed by atoms with Crippen LogP contribution in [-0.4, -0.2) is 51.5 Å². The third-order valence-corrected chi connectivity index (χ3v) is 9.69. The number of aliphatic hydroxyl groups excluding tert-OH is 1. The lowest BCUT2D eigenvalue weighted by Crippen LogP contribution is -2.52. The Bertz CT molecular complexity index is 1540. The Morgan fingerprint density at radius 2 is 1.74 bits per heavy atom. The predicted molar refractivity (Wildman–Crippen MR) is 169 cm³/mol. The summed E-state index contributed by atoms with van der Waals surface area (Å²) in [5.41, 5.74) is 4.08. The van der Waals surface area contributed by atoms with Crippen molar-refractivity contribution in [1.82, 2.24) is 20.5 Å². The minimum absolute atomic E-state index is 0.0345. The summed E-state index contributed by atoms with van der Waals surface area (Å²) >= 11 is 1.59. The summed E-state index contributed by atoms with van der Waals surface area (Å²) in [7, 11) is 0. The van der Waals surface area contributed by atoms with Gasteiger partial charge in [-0.05, 0) is 68.4 Å². The fourth-order valence-electron chi connectivity index (χ4n) is 6.40. The molecule has 2 amide bonds. The molecule has 0 spiro atoms. The maximum absolute atomic E-state index is 13.7. The van der Waals surface area contributed by atoms with E-state index in [2.05, 4.69) is 27.8 Å². The fraction of sp³-hybridized carbons (Fsp3) is 0.343. The van der Waals surface area contributed by atoms with Crippen molar-refractivity contribution in [1.29, 1.82) is 0 Å². The summed E-state index contributed by atoms with van der Waals surface area (Å²) < 4.78 is 0. The van der Waals surface area contributed by atoms with E-state index in [1.54, 1.807) is 35.6 Å². The summed E-state index contributed by atoms with van der Waals surface area (Å²) in [6.07, 6.45) is 3.23. The number of thiazole rings is 1. The highest BCUT2D eigenvalue weighted by atomic mass is 32.1. The van der Waals surface area contributed by atoms with E-state index in [0.717, 1.165) is 41.9 Å². The van der Waals surface area contributed by atoms with Crippen molar-refractivity contribution in [2.45, 2.75) is 69.3 Å². The first-order valence-corrected chi connectivity index (χ1v) is 16.0. The Morgan fingerprint density at radius 1 is 1.00 bits per heavy atom. The number of carbonyl (C=O) groups is 2. The summed E-state index contributed by atoms with van der Waals surface area (Å²) in [6.45, 7) is 2.64. The highest BCUT2D eigenvalue weighted by Crippen LogP contribution is 2.35.